The van der Waals surface area contributed by atoms with Crippen molar-refractivity contribution in [1.82, 2.24) is 25.1 Å². The molecule has 9 nitrogen and oxygen atoms in total. The molecule has 1 N–H and O–H groups in total. The molecule has 0 bridgehead atoms. The van der Waals surface area contributed by atoms with Crippen molar-refractivity contribution in [2.24, 2.45) is 5.92 Å². The Kier molecular flexibility index (Phi) is 8.89. The van der Waals surface area contributed by atoms with Crippen LogP contribution in [0, 0.1) is 5.92 Å². The molecule has 0 saturated carbocycles. The van der Waals surface area contributed by atoms with Crippen molar-refractivity contribution >= 4 is 17.8 Å². The fourth-order valence-corrected chi connectivity index (χ4v) is 5.32. The summed E-state index contributed by atoms with van der Waals surface area (Å²) in [6.45, 7) is 5.27. The minimum absolute atomic E-state index is 0.0276. The highest BCUT2D eigenvalue weighted by Crippen LogP contribution is 2.30. The average molecular weight is 522 g/mol. The fourth-order valence-electron chi connectivity index (χ4n) is 5.32. The molecule has 9 heteroatoms. The first-order valence-corrected chi connectivity index (χ1v) is 13.4. The summed E-state index contributed by atoms with van der Waals surface area (Å²) >= 11 is 0. The summed E-state index contributed by atoms with van der Waals surface area (Å²) in [6, 6.07) is 16.8. The molecule has 2 aromatic carbocycles. The van der Waals surface area contributed by atoms with Crippen LogP contribution in [-0.2, 0) is 22.6 Å². The van der Waals surface area contributed by atoms with E-state index in [0.29, 0.717) is 13.1 Å². The SMILES string of the molecule is CCC(C)[C@H]1C(=O)N(CCCc2ccccc2)C[C@H]2N1C(=O)CN(C)N2C(=O)NCc1ccc(OC)cc1. The van der Waals surface area contributed by atoms with E-state index in [9.17, 15) is 14.4 Å². The number of fused-ring (bicyclic) bond motifs is 1. The van der Waals surface area contributed by atoms with E-state index in [0.717, 1.165) is 30.6 Å². The van der Waals surface area contributed by atoms with Crippen molar-refractivity contribution in [3.63, 3.8) is 0 Å². The number of methoxy groups -OCH3 is 1. The molecule has 2 aromatic rings. The van der Waals surface area contributed by atoms with Crippen LogP contribution in [0.2, 0.25) is 0 Å². The number of nitrogens with zero attached hydrogens (tertiary/aromatic N) is 4. The normalized spacial score (nSPS) is 20.8. The van der Waals surface area contributed by atoms with Gasteiger partial charge in [-0.25, -0.2) is 14.8 Å². The molecule has 0 aromatic heterocycles. The molecule has 0 radical (unpaired) electrons. The number of aryl methyl sites for hydroxylation is 1. The van der Waals surface area contributed by atoms with E-state index in [1.807, 2.05) is 61.2 Å². The number of hydrogen-bond donors (Lipinski definition) is 1. The summed E-state index contributed by atoms with van der Waals surface area (Å²) in [5.41, 5.74) is 2.16. The lowest BCUT2D eigenvalue weighted by atomic mass is 9.92. The van der Waals surface area contributed by atoms with Crippen LogP contribution in [0.5, 0.6) is 5.75 Å². The van der Waals surface area contributed by atoms with Gasteiger partial charge in [0.2, 0.25) is 11.8 Å². The largest absolute Gasteiger partial charge is 0.497 e. The third kappa shape index (κ3) is 5.93. The summed E-state index contributed by atoms with van der Waals surface area (Å²) in [5.74, 6) is 0.568. The zero-order chi connectivity index (χ0) is 27.2. The van der Waals surface area contributed by atoms with E-state index >= 15 is 0 Å². The Hall–Kier alpha value is -3.59. The smallest absolute Gasteiger partial charge is 0.334 e. The Morgan fingerprint density at radius 1 is 1.08 bits per heavy atom. The molecule has 0 aliphatic carbocycles. The van der Waals surface area contributed by atoms with Crippen LogP contribution in [-0.4, -0.2) is 83.7 Å². The van der Waals surface area contributed by atoms with Gasteiger partial charge in [-0.15, -0.1) is 0 Å². The lowest BCUT2D eigenvalue weighted by Crippen LogP contribution is -2.76. The number of likely N-dealkylation sites (N-methyl/N-ethyl adjacent to an activating group) is 1. The Balaban J connectivity index is 1.52. The van der Waals surface area contributed by atoms with E-state index in [1.165, 1.54) is 5.56 Å². The number of piperazine rings is 1. The summed E-state index contributed by atoms with van der Waals surface area (Å²) in [6.07, 6.45) is 1.86. The molecule has 2 fully saturated rings. The van der Waals surface area contributed by atoms with Crippen LogP contribution in [0.25, 0.3) is 0 Å². The van der Waals surface area contributed by atoms with Crippen LogP contribution < -0.4 is 10.1 Å². The van der Waals surface area contributed by atoms with E-state index in [1.54, 1.807) is 29.1 Å². The number of carbonyl (C=O) groups is 3. The number of ether oxygens (including phenoxy) is 1. The molecular formula is C29H39N5O4. The molecule has 38 heavy (non-hydrogen) atoms. The summed E-state index contributed by atoms with van der Waals surface area (Å²) in [4.78, 5) is 44.0. The maximum absolute atomic E-state index is 13.7. The van der Waals surface area contributed by atoms with E-state index in [2.05, 4.69) is 17.4 Å². The van der Waals surface area contributed by atoms with Gasteiger partial charge in [-0.05, 0) is 42.0 Å². The third-order valence-electron chi connectivity index (χ3n) is 7.60. The van der Waals surface area contributed by atoms with Gasteiger partial charge < -0.3 is 19.9 Å². The molecule has 2 aliphatic rings. The number of urea groups is 1. The predicted octanol–water partition coefficient (Wildman–Crippen LogP) is 3.11. The van der Waals surface area contributed by atoms with Gasteiger partial charge in [-0.2, -0.15) is 0 Å². The lowest BCUT2D eigenvalue weighted by Gasteiger charge is -2.55. The van der Waals surface area contributed by atoms with Crippen LogP contribution >= 0.6 is 0 Å². The second kappa shape index (κ2) is 12.3. The van der Waals surface area contributed by atoms with Crippen LogP contribution in [0.15, 0.2) is 54.6 Å². The number of nitrogens with one attached hydrogen (secondary N) is 1. The summed E-state index contributed by atoms with van der Waals surface area (Å²) < 4.78 is 5.21. The van der Waals surface area contributed by atoms with Crippen molar-refractivity contribution in [2.45, 2.75) is 51.9 Å². The second-order valence-corrected chi connectivity index (χ2v) is 10.2. The van der Waals surface area contributed by atoms with Crippen LogP contribution in [0.4, 0.5) is 4.79 Å². The lowest BCUT2D eigenvalue weighted by molar-refractivity contribution is -0.190. The van der Waals surface area contributed by atoms with E-state index in [-0.39, 0.29) is 36.9 Å². The standard InChI is InChI=1S/C29H39N5O4/c1-5-21(2)27-28(36)32(17-9-12-22-10-7-6-8-11-22)19-25-33(27)26(35)20-31(3)34(25)29(37)30-18-23-13-15-24(38-4)16-14-23/h6-8,10-11,13-16,21,25,27H,5,9,12,17-20H2,1-4H3,(H,30,37)/t21?,25-,27-/m0/s1. The Labute approximate surface area is 225 Å². The van der Waals surface area contributed by atoms with Crippen molar-refractivity contribution < 1.29 is 19.1 Å². The molecule has 2 aliphatic heterocycles. The first-order chi connectivity index (χ1) is 18.3. The fraction of sp³-hybridized carbons (Fsp3) is 0.483. The first-order valence-electron chi connectivity index (χ1n) is 13.4. The zero-order valence-electron chi connectivity index (χ0n) is 22.8. The van der Waals surface area contributed by atoms with Gasteiger partial charge in [0.25, 0.3) is 0 Å². The van der Waals surface area contributed by atoms with Gasteiger partial charge in [0.1, 0.15) is 18.0 Å². The molecule has 1 unspecified atom stereocenters. The maximum atomic E-state index is 13.7. The molecule has 2 saturated heterocycles. The van der Waals surface area contributed by atoms with Gasteiger partial charge in [-0.3, -0.25) is 9.59 Å². The molecule has 204 valence electrons. The Bertz CT molecular complexity index is 1110. The summed E-state index contributed by atoms with van der Waals surface area (Å²) in [5, 5.41) is 6.27. The van der Waals surface area contributed by atoms with Gasteiger partial charge in [0.05, 0.1) is 20.2 Å². The highest BCUT2D eigenvalue weighted by Gasteiger charge is 2.51. The molecule has 2 heterocycles. The van der Waals surface area contributed by atoms with Crippen LogP contribution in [0.3, 0.4) is 0 Å². The molecule has 4 amide bonds. The highest BCUT2D eigenvalue weighted by atomic mass is 16.5. The minimum atomic E-state index is -0.589. The number of hydrogen-bond acceptors (Lipinski definition) is 5. The Morgan fingerprint density at radius 2 is 1.79 bits per heavy atom. The van der Waals surface area contributed by atoms with Gasteiger partial charge in [-0.1, -0.05) is 62.7 Å². The van der Waals surface area contributed by atoms with Crippen LogP contribution in [0.1, 0.15) is 37.8 Å². The molecule has 0 spiro atoms. The quantitative estimate of drug-likeness (QED) is 0.548. The molecule has 3 atom stereocenters. The van der Waals surface area contributed by atoms with Gasteiger partial charge in [0, 0.05) is 20.1 Å². The van der Waals surface area contributed by atoms with Gasteiger partial charge in [0.15, 0.2) is 0 Å². The number of amides is 4. The third-order valence-corrected chi connectivity index (χ3v) is 7.60. The second-order valence-electron chi connectivity index (χ2n) is 10.2. The van der Waals surface area contributed by atoms with Gasteiger partial charge >= 0.3 is 6.03 Å². The van der Waals surface area contributed by atoms with E-state index in [4.69, 9.17) is 4.74 Å². The number of benzene rings is 2. The molecule has 4 rings (SSSR count). The first kappa shape index (κ1) is 27.4. The van der Waals surface area contributed by atoms with Crippen molar-refractivity contribution in [3.8, 4) is 5.75 Å². The van der Waals surface area contributed by atoms with Crippen molar-refractivity contribution in [2.75, 3.05) is 33.8 Å². The van der Waals surface area contributed by atoms with E-state index < -0.39 is 12.2 Å². The maximum Gasteiger partial charge on any atom is 0.334 e. The Morgan fingerprint density at radius 3 is 2.45 bits per heavy atom. The topological polar surface area (TPSA) is 85.4 Å². The average Bonchev–Trinajstić information content (AvgIpc) is 2.93. The highest BCUT2D eigenvalue weighted by molar-refractivity contribution is 5.91. The molecular weight excluding hydrogens is 482 g/mol. The monoisotopic (exact) mass is 521 g/mol. The number of carbonyl (C=O) groups excluding carboxylic acids is 3. The zero-order valence-corrected chi connectivity index (χ0v) is 22.8. The minimum Gasteiger partial charge on any atom is -0.497 e. The van der Waals surface area contributed by atoms with Crippen molar-refractivity contribution in [3.05, 3.63) is 65.7 Å². The van der Waals surface area contributed by atoms with Crippen molar-refractivity contribution in [1.29, 1.82) is 0 Å². The predicted molar refractivity (Wildman–Crippen MR) is 145 cm³/mol. The number of hydrazine groups is 1. The summed E-state index contributed by atoms with van der Waals surface area (Å²) in [7, 11) is 3.36. The number of rotatable bonds is 9.